The van der Waals surface area contributed by atoms with Crippen LogP contribution in [-0.2, 0) is 30.2 Å². The van der Waals surface area contributed by atoms with Gasteiger partial charge in [0, 0.05) is 17.9 Å². The number of hydrogen-bond donors (Lipinski definition) is 0. The van der Waals surface area contributed by atoms with E-state index in [4.69, 9.17) is 23.7 Å². The van der Waals surface area contributed by atoms with Gasteiger partial charge >= 0.3 is 11.9 Å². The Labute approximate surface area is 194 Å². The van der Waals surface area contributed by atoms with Gasteiger partial charge in [-0.05, 0) is 68.4 Å². The molecule has 2 fully saturated rings. The lowest BCUT2D eigenvalue weighted by molar-refractivity contribution is -0.143. The fourth-order valence-corrected chi connectivity index (χ4v) is 4.81. The van der Waals surface area contributed by atoms with Gasteiger partial charge < -0.3 is 23.7 Å². The van der Waals surface area contributed by atoms with Crippen LogP contribution in [0.1, 0.15) is 44.6 Å². The van der Waals surface area contributed by atoms with E-state index in [9.17, 15) is 9.59 Å². The molecule has 178 valence electrons. The van der Waals surface area contributed by atoms with E-state index in [0.717, 1.165) is 48.3 Å². The monoisotopic (exact) mass is 456 g/mol. The van der Waals surface area contributed by atoms with Gasteiger partial charge in [0.2, 0.25) is 0 Å². The van der Waals surface area contributed by atoms with Gasteiger partial charge in [-0.2, -0.15) is 0 Å². The number of fused-ring (bicyclic) bond motifs is 3. The van der Waals surface area contributed by atoms with Crippen molar-refractivity contribution < 1.29 is 33.3 Å². The molecule has 4 atom stereocenters. The summed E-state index contributed by atoms with van der Waals surface area (Å²) in [4.78, 5) is 24.6. The van der Waals surface area contributed by atoms with Gasteiger partial charge in [0.25, 0.3) is 0 Å². The number of methoxy groups -OCH3 is 2. The lowest BCUT2D eigenvalue weighted by atomic mass is 9.84. The number of hydrogen-bond acceptors (Lipinski definition) is 7. The zero-order valence-electron chi connectivity index (χ0n) is 19.6. The number of epoxide rings is 1. The molecule has 0 unspecified atom stereocenters. The SMILES string of the molecule is C=C1C(=O)O[C@H]2[C@H]1CC/C(COC(=O)CCc1cc(OC)ccc1OC)=C\CC[C@@]1(C)O[C@@H]21. The number of allylic oxidation sites excluding steroid dienone is 1. The number of carbonyl (C=O) groups is 2. The summed E-state index contributed by atoms with van der Waals surface area (Å²) >= 11 is 0. The molecule has 3 aliphatic rings. The molecule has 7 nitrogen and oxygen atoms in total. The van der Waals surface area contributed by atoms with Crippen molar-refractivity contribution in [1.29, 1.82) is 0 Å². The average molecular weight is 457 g/mol. The van der Waals surface area contributed by atoms with Crippen LogP contribution >= 0.6 is 0 Å². The molecule has 0 saturated carbocycles. The van der Waals surface area contributed by atoms with Crippen LogP contribution < -0.4 is 9.47 Å². The zero-order chi connectivity index (χ0) is 23.6. The van der Waals surface area contributed by atoms with Gasteiger partial charge in [-0.3, -0.25) is 4.79 Å². The van der Waals surface area contributed by atoms with Crippen LogP contribution in [-0.4, -0.2) is 50.6 Å². The number of benzene rings is 1. The summed E-state index contributed by atoms with van der Waals surface area (Å²) < 4.78 is 27.8. The molecule has 33 heavy (non-hydrogen) atoms. The molecule has 1 aromatic carbocycles. The zero-order valence-corrected chi connectivity index (χ0v) is 19.6. The normalized spacial score (nSPS) is 30.3. The molecule has 4 rings (SSSR count). The summed E-state index contributed by atoms with van der Waals surface area (Å²) in [5.41, 5.74) is 2.19. The van der Waals surface area contributed by atoms with Crippen LogP contribution in [0.4, 0.5) is 0 Å². The molecule has 7 heteroatoms. The minimum atomic E-state index is -0.327. The van der Waals surface area contributed by atoms with Gasteiger partial charge in [-0.25, -0.2) is 4.79 Å². The van der Waals surface area contributed by atoms with Gasteiger partial charge in [0.05, 0.1) is 19.8 Å². The molecule has 1 aliphatic carbocycles. The smallest absolute Gasteiger partial charge is 0.334 e. The van der Waals surface area contributed by atoms with Crippen LogP contribution in [0.2, 0.25) is 0 Å². The van der Waals surface area contributed by atoms with Crippen molar-refractivity contribution >= 4 is 11.9 Å². The predicted octanol–water partition coefficient (Wildman–Crippen LogP) is 3.94. The molecule has 0 spiro atoms. The molecule has 0 amide bonds. The van der Waals surface area contributed by atoms with E-state index in [-0.39, 0.29) is 48.7 Å². The van der Waals surface area contributed by atoms with Crippen LogP contribution in [0, 0.1) is 5.92 Å². The Kier molecular flexibility index (Phi) is 6.79. The summed E-state index contributed by atoms with van der Waals surface area (Å²) in [5, 5.41) is 0. The molecule has 2 aliphatic heterocycles. The van der Waals surface area contributed by atoms with Crippen molar-refractivity contribution in [3.63, 3.8) is 0 Å². The van der Waals surface area contributed by atoms with Crippen molar-refractivity contribution in [1.82, 2.24) is 0 Å². The Balaban J connectivity index is 1.34. The number of aryl methyl sites for hydroxylation is 1. The van der Waals surface area contributed by atoms with Crippen LogP contribution in [0.25, 0.3) is 0 Å². The lowest BCUT2D eigenvalue weighted by Crippen LogP contribution is -2.29. The maximum Gasteiger partial charge on any atom is 0.334 e. The summed E-state index contributed by atoms with van der Waals surface area (Å²) in [6, 6.07) is 5.53. The van der Waals surface area contributed by atoms with Crippen molar-refractivity contribution in [2.24, 2.45) is 5.92 Å². The molecule has 0 N–H and O–H groups in total. The second kappa shape index (κ2) is 9.59. The van der Waals surface area contributed by atoms with Crippen molar-refractivity contribution in [2.45, 2.75) is 63.3 Å². The maximum atomic E-state index is 12.5. The number of rotatable bonds is 7. The van der Waals surface area contributed by atoms with Gasteiger partial charge in [-0.15, -0.1) is 0 Å². The molecular formula is C26H32O7. The Morgan fingerprint density at radius 1 is 1.27 bits per heavy atom. The Bertz CT molecular complexity index is 965. The molecule has 2 saturated heterocycles. The molecule has 0 radical (unpaired) electrons. The Hall–Kier alpha value is -2.80. The fraction of sp³-hybridized carbons (Fsp3) is 0.538. The van der Waals surface area contributed by atoms with Crippen molar-refractivity contribution in [3.05, 3.63) is 47.6 Å². The highest BCUT2D eigenvalue weighted by molar-refractivity contribution is 5.91. The topological polar surface area (TPSA) is 83.6 Å². The third-order valence-electron chi connectivity index (χ3n) is 6.94. The molecular weight excluding hydrogens is 424 g/mol. The molecule has 0 aromatic heterocycles. The highest BCUT2D eigenvalue weighted by Crippen LogP contribution is 2.49. The van der Waals surface area contributed by atoms with Gasteiger partial charge in [-0.1, -0.05) is 12.7 Å². The standard InChI is InChI=1S/C26H32O7/c1-16-20-10-7-17(6-5-13-26(2)24(33-26)23(20)32-25(16)28)15-31-22(27)12-8-18-14-19(29-3)9-11-21(18)30-4/h6,9,11,14,20,23-24H,1,5,7-8,10,12-13,15H2,2-4H3/b17-6+/t20-,23-,24-,26+/m0/s1. The van der Waals surface area contributed by atoms with E-state index < -0.39 is 0 Å². The lowest BCUT2D eigenvalue weighted by Gasteiger charge is -2.20. The van der Waals surface area contributed by atoms with Gasteiger partial charge in [0.15, 0.2) is 0 Å². The van der Waals surface area contributed by atoms with Crippen LogP contribution in [0.5, 0.6) is 11.5 Å². The summed E-state index contributed by atoms with van der Waals surface area (Å²) in [5.74, 6) is 0.776. The minimum Gasteiger partial charge on any atom is -0.497 e. The summed E-state index contributed by atoms with van der Waals surface area (Å²) in [7, 11) is 3.21. The summed E-state index contributed by atoms with van der Waals surface area (Å²) in [6.45, 7) is 6.25. The van der Waals surface area contributed by atoms with Crippen LogP contribution in [0.3, 0.4) is 0 Å². The van der Waals surface area contributed by atoms with E-state index in [1.54, 1.807) is 14.2 Å². The third-order valence-corrected chi connectivity index (χ3v) is 6.94. The van der Waals surface area contributed by atoms with E-state index in [1.165, 1.54) is 0 Å². The quantitative estimate of drug-likeness (QED) is 0.266. The van der Waals surface area contributed by atoms with Crippen LogP contribution in [0.15, 0.2) is 42.0 Å². The van der Waals surface area contributed by atoms with Gasteiger partial charge in [0.1, 0.15) is 30.3 Å². The van der Waals surface area contributed by atoms with Crippen molar-refractivity contribution in [3.8, 4) is 11.5 Å². The fourth-order valence-electron chi connectivity index (χ4n) is 4.81. The first-order valence-corrected chi connectivity index (χ1v) is 11.5. The minimum absolute atomic E-state index is 0.0629. The van der Waals surface area contributed by atoms with Crippen molar-refractivity contribution in [2.75, 3.05) is 20.8 Å². The number of carbonyl (C=O) groups excluding carboxylic acids is 2. The first-order valence-electron chi connectivity index (χ1n) is 11.5. The summed E-state index contributed by atoms with van der Waals surface area (Å²) in [6.07, 6.45) is 5.65. The Morgan fingerprint density at radius 3 is 2.85 bits per heavy atom. The second-order valence-corrected chi connectivity index (χ2v) is 9.13. The third kappa shape index (κ3) is 5.08. The van der Waals surface area contributed by atoms with E-state index >= 15 is 0 Å². The van der Waals surface area contributed by atoms with E-state index in [1.807, 2.05) is 18.2 Å². The number of esters is 2. The highest BCUT2D eigenvalue weighted by Gasteiger charge is 2.61. The van der Waals surface area contributed by atoms with E-state index in [2.05, 4.69) is 19.6 Å². The Morgan fingerprint density at radius 2 is 2.09 bits per heavy atom. The highest BCUT2D eigenvalue weighted by atomic mass is 16.6. The largest absolute Gasteiger partial charge is 0.497 e. The number of ether oxygens (including phenoxy) is 5. The molecule has 2 heterocycles. The molecule has 0 bridgehead atoms. The predicted molar refractivity (Wildman–Crippen MR) is 121 cm³/mol. The molecule has 1 aromatic rings. The first kappa shape index (κ1) is 23.4. The second-order valence-electron chi connectivity index (χ2n) is 9.13. The average Bonchev–Trinajstić information content (AvgIpc) is 3.40. The van der Waals surface area contributed by atoms with E-state index in [0.29, 0.717) is 12.0 Å². The first-order chi connectivity index (χ1) is 15.8. The maximum absolute atomic E-state index is 12.5.